The highest BCUT2D eigenvalue weighted by atomic mass is 16.3. The molecule has 1 unspecified atom stereocenters. The minimum atomic E-state index is -0.123. The molecule has 2 nitrogen and oxygen atoms in total. The standard InChI is InChI=1S/C7H13NO/c8-6-2-1-3-7(9)5-4-6/h2,7,9H,1,3-5,8H2. The second-order valence-electron chi connectivity index (χ2n) is 2.55. The predicted octanol–water partition coefficient (Wildman–Crippen LogP) is 0.764. The summed E-state index contributed by atoms with van der Waals surface area (Å²) in [6, 6.07) is 0. The number of aliphatic hydroxyl groups excluding tert-OH is 1. The van der Waals surface area contributed by atoms with E-state index in [0.29, 0.717) is 0 Å². The lowest BCUT2D eigenvalue weighted by molar-refractivity contribution is 0.158. The Bertz CT molecular complexity index is 120. The molecule has 0 spiro atoms. The molecular formula is C7H13NO. The van der Waals surface area contributed by atoms with Crippen LogP contribution in [0.2, 0.25) is 0 Å². The van der Waals surface area contributed by atoms with E-state index in [1.54, 1.807) is 0 Å². The molecule has 0 aliphatic heterocycles. The van der Waals surface area contributed by atoms with Crippen LogP contribution in [0.25, 0.3) is 0 Å². The van der Waals surface area contributed by atoms with Gasteiger partial charge in [0.1, 0.15) is 0 Å². The lowest BCUT2D eigenvalue weighted by atomic mass is 10.1. The number of nitrogens with two attached hydrogens (primary N) is 1. The Balaban J connectivity index is 2.39. The van der Waals surface area contributed by atoms with E-state index in [0.717, 1.165) is 31.4 Å². The third-order valence-electron chi connectivity index (χ3n) is 1.67. The van der Waals surface area contributed by atoms with Crippen molar-refractivity contribution in [3.05, 3.63) is 11.8 Å². The number of hydrogen-bond acceptors (Lipinski definition) is 2. The van der Waals surface area contributed by atoms with E-state index in [1.165, 1.54) is 0 Å². The van der Waals surface area contributed by atoms with Crippen molar-refractivity contribution in [3.63, 3.8) is 0 Å². The SMILES string of the molecule is NC1=CCCC(O)CC1. The Morgan fingerprint density at radius 1 is 1.56 bits per heavy atom. The van der Waals surface area contributed by atoms with E-state index in [9.17, 15) is 0 Å². The summed E-state index contributed by atoms with van der Waals surface area (Å²) < 4.78 is 0. The second kappa shape index (κ2) is 2.87. The molecule has 1 atom stereocenters. The smallest absolute Gasteiger partial charge is 0.0547 e. The first-order valence-corrected chi connectivity index (χ1v) is 3.41. The quantitative estimate of drug-likeness (QED) is 0.504. The maximum absolute atomic E-state index is 9.12. The molecule has 3 N–H and O–H groups in total. The summed E-state index contributed by atoms with van der Waals surface area (Å²) in [5.74, 6) is 0. The topological polar surface area (TPSA) is 46.2 Å². The maximum atomic E-state index is 9.12. The molecule has 0 heterocycles. The molecule has 0 bridgehead atoms. The summed E-state index contributed by atoms with van der Waals surface area (Å²) in [6.45, 7) is 0. The van der Waals surface area contributed by atoms with Gasteiger partial charge in [-0.3, -0.25) is 0 Å². The third-order valence-corrected chi connectivity index (χ3v) is 1.67. The van der Waals surface area contributed by atoms with E-state index in [-0.39, 0.29) is 6.10 Å². The van der Waals surface area contributed by atoms with Gasteiger partial charge in [0.05, 0.1) is 6.10 Å². The van der Waals surface area contributed by atoms with Crippen LogP contribution in [-0.4, -0.2) is 11.2 Å². The van der Waals surface area contributed by atoms with Gasteiger partial charge >= 0.3 is 0 Å². The first kappa shape index (κ1) is 6.62. The minimum absolute atomic E-state index is 0.123. The van der Waals surface area contributed by atoms with Crippen LogP contribution in [0.4, 0.5) is 0 Å². The van der Waals surface area contributed by atoms with E-state index < -0.39 is 0 Å². The molecule has 0 fully saturated rings. The van der Waals surface area contributed by atoms with Gasteiger partial charge < -0.3 is 10.8 Å². The molecule has 1 aliphatic rings. The second-order valence-corrected chi connectivity index (χ2v) is 2.55. The van der Waals surface area contributed by atoms with Crippen molar-refractivity contribution < 1.29 is 5.11 Å². The molecule has 0 aromatic heterocycles. The fourth-order valence-corrected chi connectivity index (χ4v) is 1.04. The van der Waals surface area contributed by atoms with Crippen LogP contribution in [0.15, 0.2) is 11.8 Å². The van der Waals surface area contributed by atoms with Gasteiger partial charge in [-0.1, -0.05) is 6.08 Å². The molecule has 0 saturated carbocycles. The summed E-state index contributed by atoms with van der Waals surface area (Å²) in [5, 5.41) is 9.12. The fraction of sp³-hybridized carbons (Fsp3) is 0.714. The van der Waals surface area contributed by atoms with Gasteiger partial charge in [0.2, 0.25) is 0 Å². The highest BCUT2D eigenvalue weighted by Crippen LogP contribution is 2.13. The van der Waals surface area contributed by atoms with Gasteiger partial charge in [-0.2, -0.15) is 0 Å². The molecule has 0 aromatic carbocycles. The predicted molar refractivity (Wildman–Crippen MR) is 36.7 cm³/mol. The first-order valence-electron chi connectivity index (χ1n) is 3.41. The number of rotatable bonds is 0. The molecule has 52 valence electrons. The van der Waals surface area contributed by atoms with E-state index in [1.807, 2.05) is 6.08 Å². The fourth-order valence-electron chi connectivity index (χ4n) is 1.04. The van der Waals surface area contributed by atoms with E-state index >= 15 is 0 Å². The van der Waals surface area contributed by atoms with Crippen LogP contribution >= 0.6 is 0 Å². The van der Waals surface area contributed by atoms with Gasteiger partial charge in [0.15, 0.2) is 0 Å². The van der Waals surface area contributed by atoms with Crippen LogP contribution in [-0.2, 0) is 0 Å². The lowest BCUT2D eigenvalue weighted by Gasteiger charge is -2.03. The Kier molecular flexibility index (Phi) is 2.11. The van der Waals surface area contributed by atoms with Gasteiger partial charge in [0, 0.05) is 5.70 Å². The number of aliphatic hydroxyl groups is 1. The molecule has 9 heavy (non-hydrogen) atoms. The van der Waals surface area contributed by atoms with Crippen molar-refractivity contribution in [2.45, 2.75) is 31.8 Å². The monoisotopic (exact) mass is 127 g/mol. The van der Waals surface area contributed by atoms with Crippen LogP contribution in [0.5, 0.6) is 0 Å². The molecule has 0 aromatic rings. The molecule has 0 radical (unpaired) electrons. The molecule has 1 rings (SSSR count). The average molecular weight is 127 g/mol. The summed E-state index contributed by atoms with van der Waals surface area (Å²) in [7, 11) is 0. The zero-order chi connectivity index (χ0) is 6.69. The minimum Gasteiger partial charge on any atom is -0.402 e. The van der Waals surface area contributed by atoms with Crippen molar-refractivity contribution in [1.82, 2.24) is 0 Å². The third kappa shape index (κ3) is 2.06. The lowest BCUT2D eigenvalue weighted by Crippen LogP contribution is -2.04. The molecule has 2 heteroatoms. The summed E-state index contributed by atoms with van der Waals surface area (Å²) in [5.41, 5.74) is 6.48. The van der Waals surface area contributed by atoms with Gasteiger partial charge in [0.25, 0.3) is 0 Å². The van der Waals surface area contributed by atoms with Crippen LogP contribution in [0.3, 0.4) is 0 Å². The normalized spacial score (nSPS) is 29.0. The Hall–Kier alpha value is -0.500. The van der Waals surface area contributed by atoms with Crippen LogP contribution < -0.4 is 5.73 Å². The van der Waals surface area contributed by atoms with Gasteiger partial charge in [-0.25, -0.2) is 0 Å². The molecule has 1 aliphatic carbocycles. The van der Waals surface area contributed by atoms with E-state index in [2.05, 4.69) is 0 Å². The van der Waals surface area contributed by atoms with Crippen LogP contribution in [0.1, 0.15) is 25.7 Å². The summed E-state index contributed by atoms with van der Waals surface area (Å²) >= 11 is 0. The number of allylic oxidation sites excluding steroid dienone is 2. The summed E-state index contributed by atoms with van der Waals surface area (Å²) in [6.07, 6.45) is 5.40. The zero-order valence-electron chi connectivity index (χ0n) is 5.51. The van der Waals surface area contributed by atoms with Crippen molar-refractivity contribution in [2.24, 2.45) is 5.73 Å². The van der Waals surface area contributed by atoms with Crippen molar-refractivity contribution >= 4 is 0 Å². The Labute approximate surface area is 55.4 Å². The largest absolute Gasteiger partial charge is 0.402 e. The summed E-state index contributed by atoms with van der Waals surface area (Å²) in [4.78, 5) is 0. The average Bonchev–Trinajstić information content (AvgIpc) is 1.97. The van der Waals surface area contributed by atoms with Gasteiger partial charge in [-0.05, 0) is 25.7 Å². The Morgan fingerprint density at radius 3 is 3.11 bits per heavy atom. The highest BCUT2D eigenvalue weighted by Gasteiger charge is 2.06. The van der Waals surface area contributed by atoms with Crippen LogP contribution in [0, 0.1) is 0 Å². The van der Waals surface area contributed by atoms with Crippen molar-refractivity contribution in [3.8, 4) is 0 Å². The first-order chi connectivity index (χ1) is 4.29. The van der Waals surface area contributed by atoms with Gasteiger partial charge in [-0.15, -0.1) is 0 Å². The maximum Gasteiger partial charge on any atom is 0.0547 e. The molecule has 0 amide bonds. The van der Waals surface area contributed by atoms with Crippen molar-refractivity contribution in [2.75, 3.05) is 0 Å². The molecular weight excluding hydrogens is 114 g/mol. The Morgan fingerprint density at radius 2 is 2.33 bits per heavy atom. The van der Waals surface area contributed by atoms with Crippen molar-refractivity contribution in [1.29, 1.82) is 0 Å². The van der Waals surface area contributed by atoms with E-state index in [4.69, 9.17) is 10.8 Å². The number of hydrogen-bond donors (Lipinski definition) is 2. The highest BCUT2D eigenvalue weighted by molar-refractivity contribution is 4.98. The molecule has 0 saturated heterocycles. The zero-order valence-corrected chi connectivity index (χ0v) is 5.51.